The number of ether oxygens (including phenoxy) is 1. The van der Waals surface area contributed by atoms with E-state index in [4.69, 9.17) is 0 Å². The van der Waals surface area contributed by atoms with Crippen LogP contribution in [-0.4, -0.2) is 12.9 Å². The molecule has 0 unspecified atom stereocenters. The van der Waals surface area contributed by atoms with Crippen molar-refractivity contribution in [2.45, 2.75) is 19.1 Å². The zero-order valence-electron chi connectivity index (χ0n) is 3.52. The molecule has 1 heterocycles. The Morgan fingerprint density at radius 2 is 2.50 bits per heavy atom. The fraction of sp³-hybridized carbons (Fsp3) is 1.00. The van der Waals surface area contributed by atoms with E-state index in [-0.39, 0.29) is 0 Å². The van der Waals surface area contributed by atoms with E-state index in [1.54, 1.807) is 0 Å². The Labute approximate surface area is 36.7 Å². The Morgan fingerprint density at radius 3 is 2.67 bits per heavy atom. The fourth-order valence-electron chi connectivity index (χ4n) is 0.548. The minimum Gasteiger partial charge on any atom is -0.350 e. The summed E-state index contributed by atoms with van der Waals surface area (Å²) in [6.45, 7) is 0.675. The minimum atomic E-state index is -0.704. The van der Waals surface area contributed by atoms with Gasteiger partial charge in [0.25, 0.3) is 0 Å². The molecule has 6 heavy (non-hydrogen) atoms. The van der Waals surface area contributed by atoms with Crippen molar-refractivity contribution in [3.63, 3.8) is 0 Å². The molecule has 1 saturated heterocycles. The van der Waals surface area contributed by atoms with E-state index in [1.165, 1.54) is 0 Å². The van der Waals surface area contributed by atoms with Crippen molar-refractivity contribution in [2.24, 2.45) is 0 Å². The van der Waals surface area contributed by atoms with E-state index < -0.39 is 6.29 Å². The predicted octanol–water partition coefficient (Wildman–Crippen LogP) is 0.553. The van der Waals surface area contributed by atoms with Gasteiger partial charge < -0.3 is 4.74 Å². The van der Waals surface area contributed by atoms with Crippen molar-refractivity contribution in [1.29, 1.82) is 0 Å². The minimum absolute atomic E-state index is 0.675. The van der Waals surface area contributed by atoms with Crippen LogP contribution in [0.1, 0.15) is 12.8 Å². The first-order valence-corrected chi connectivity index (χ1v) is 2.17. The van der Waals surface area contributed by atoms with Crippen LogP contribution in [0.4, 0.5) is 0 Å². The summed E-state index contributed by atoms with van der Waals surface area (Å²) in [7, 11) is 0. The van der Waals surface area contributed by atoms with E-state index in [9.17, 15) is 5.11 Å². The first-order chi connectivity index (χ1) is 2.89. The number of rotatable bonds is 0. The van der Waals surface area contributed by atoms with Crippen molar-refractivity contribution >= 4 is 0 Å². The Balaban J connectivity index is 2.18. The summed E-state index contributed by atoms with van der Waals surface area (Å²) in [6, 6.07) is 0. The van der Waals surface area contributed by atoms with E-state index in [2.05, 4.69) is 4.74 Å². The average Bonchev–Trinajstić information content (AvgIpc) is 1.86. The summed E-state index contributed by atoms with van der Waals surface area (Å²) in [5.41, 5.74) is 0. The predicted molar refractivity (Wildman–Crippen MR) is 19.7 cm³/mol. The largest absolute Gasteiger partial charge is 0.350 e. The molecule has 2 heteroatoms. The van der Waals surface area contributed by atoms with Gasteiger partial charge in [0.15, 0.2) is 6.29 Å². The first kappa shape index (κ1) is 4.09. The summed E-state index contributed by atoms with van der Waals surface area (Å²) >= 11 is 0. The molecule has 35 valence electrons. The molecule has 0 aromatic rings. The lowest BCUT2D eigenvalue weighted by molar-refractivity contribution is -0.104. The summed E-state index contributed by atoms with van der Waals surface area (Å²) in [6.07, 6.45) is 0.957. The topological polar surface area (TPSA) is 29.1 Å². The molecule has 1 atom stereocenters. The molecule has 0 N–H and O–H groups in total. The van der Waals surface area contributed by atoms with Gasteiger partial charge in [-0.3, -0.25) is 0 Å². The maximum atomic E-state index is 10.1. The Morgan fingerprint density at radius 1 is 1.67 bits per heavy atom. The third-order valence-electron chi connectivity index (χ3n) is 0.888. The first-order valence-electron chi connectivity index (χ1n) is 2.17. The van der Waals surface area contributed by atoms with Gasteiger partial charge in [0, 0.05) is 6.42 Å². The van der Waals surface area contributed by atoms with Gasteiger partial charge in [-0.1, -0.05) is 0 Å². The fourth-order valence-corrected chi connectivity index (χ4v) is 0.548. The summed E-state index contributed by atoms with van der Waals surface area (Å²) in [4.78, 5) is 0. The lowest BCUT2D eigenvalue weighted by atomic mass is 10.4. The lowest BCUT2D eigenvalue weighted by Crippen LogP contribution is -1.97. The van der Waals surface area contributed by atoms with E-state index in [1.807, 2.05) is 0 Å². The highest BCUT2D eigenvalue weighted by Crippen LogP contribution is 2.07. The molecule has 0 aromatic carbocycles. The molecule has 0 spiro atoms. The van der Waals surface area contributed by atoms with E-state index in [0.717, 1.165) is 6.42 Å². The van der Waals surface area contributed by atoms with Crippen molar-refractivity contribution in [3.05, 3.63) is 0 Å². The van der Waals surface area contributed by atoms with Gasteiger partial charge in [-0.15, -0.1) is 0 Å². The molecule has 1 aliphatic heterocycles. The van der Waals surface area contributed by atoms with Gasteiger partial charge in [-0.05, 0) is 6.42 Å². The molecule has 0 aromatic heterocycles. The number of hydrogen-bond donors (Lipinski definition) is 0. The van der Waals surface area contributed by atoms with Crippen molar-refractivity contribution in [1.82, 2.24) is 0 Å². The molecule has 1 radical (unpaired) electrons. The highest BCUT2D eigenvalue weighted by molar-refractivity contribution is 4.49. The highest BCUT2D eigenvalue weighted by atomic mass is 16.6. The third kappa shape index (κ3) is 0.698. The molecule has 1 fully saturated rings. The molecule has 0 amide bonds. The van der Waals surface area contributed by atoms with Crippen LogP contribution in [0.2, 0.25) is 0 Å². The smallest absolute Gasteiger partial charge is 0.191 e. The van der Waals surface area contributed by atoms with Gasteiger partial charge in [-0.25, -0.2) is 5.11 Å². The maximum Gasteiger partial charge on any atom is 0.191 e. The van der Waals surface area contributed by atoms with E-state index in [0.29, 0.717) is 13.0 Å². The van der Waals surface area contributed by atoms with Crippen molar-refractivity contribution < 1.29 is 9.84 Å². The Kier molecular flexibility index (Phi) is 1.08. The zero-order chi connectivity index (χ0) is 4.41. The molecule has 0 bridgehead atoms. The van der Waals surface area contributed by atoms with Gasteiger partial charge >= 0.3 is 0 Å². The average molecular weight is 87.1 g/mol. The monoisotopic (exact) mass is 87.0 g/mol. The molecular weight excluding hydrogens is 80.0 g/mol. The lowest BCUT2D eigenvalue weighted by Gasteiger charge is -1.89. The zero-order valence-corrected chi connectivity index (χ0v) is 3.52. The molecule has 2 nitrogen and oxygen atoms in total. The van der Waals surface area contributed by atoms with Crippen LogP contribution in [0.25, 0.3) is 0 Å². The van der Waals surface area contributed by atoms with Crippen molar-refractivity contribution in [2.75, 3.05) is 6.61 Å². The second kappa shape index (κ2) is 1.58. The summed E-state index contributed by atoms with van der Waals surface area (Å²) < 4.78 is 4.60. The maximum absolute atomic E-state index is 10.1. The van der Waals surface area contributed by atoms with Gasteiger partial charge in [0.05, 0.1) is 6.61 Å². The van der Waals surface area contributed by atoms with Gasteiger partial charge in [-0.2, -0.15) is 0 Å². The summed E-state index contributed by atoms with van der Waals surface area (Å²) in [5.74, 6) is 0. The summed E-state index contributed by atoms with van der Waals surface area (Å²) in [5, 5.41) is 10.1. The van der Waals surface area contributed by atoms with Crippen LogP contribution in [0, 0.1) is 0 Å². The Bertz CT molecular complexity index is 38.8. The molecule has 0 saturated carbocycles. The molecule has 1 aliphatic rings. The van der Waals surface area contributed by atoms with Crippen molar-refractivity contribution in [3.8, 4) is 0 Å². The number of hydrogen-bond acceptors (Lipinski definition) is 1. The third-order valence-corrected chi connectivity index (χ3v) is 0.888. The second-order valence-corrected chi connectivity index (χ2v) is 1.44. The normalized spacial score (nSPS) is 34.5. The van der Waals surface area contributed by atoms with Crippen LogP contribution >= 0.6 is 0 Å². The standard InChI is InChI=1S/C4H7O2/c5-4-2-1-3-6-4/h4H,1-3H2/t4-/m0/s1. The molecule has 1 rings (SSSR count). The van der Waals surface area contributed by atoms with Crippen LogP contribution < -0.4 is 0 Å². The van der Waals surface area contributed by atoms with Crippen LogP contribution in [0.15, 0.2) is 0 Å². The van der Waals surface area contributed by atoms with Crippen LogP contribution in [0.3, 0.4) is 0 Å². The molecular formula is C4H7O2. The van der Waals surface area contributed by atoms with E-state index >= 15 is 0 Å². The highest BCUT2D eigenvalue weighted by Gasteiger charge is 2.11. The van der Waals surface area contributed by atoms with Crippen LogP contribution in [-0.2, 0) is 9.84 Å². The Hall–Kier alpha value is -0.0800. The molecule has 0 aliphatic carbocycles. The second-order valence-electron chi connectivity index (χ2n) is 1.44. The quantitative estimate of drug-likeness (QED) is 0.424. The van der Waals surface area contributed by atoms with Gasteiger partial charge in [0.1, 0.15) is 0 Å². The van der Waals surface area contributed by atoms with Gasteiger partial charge in [0.2, 0.25) is 0 Å². The van der Waals surface area contributed by atoms with Crippen LogP contribution in [0.5, 0.6) is 0 Å². The SMILES string of the molecule is [O][C@@H]1CCCO1.